The number of likely N-dealkylation sites (N-methyl/N-ethyl adjacent to an activating group) is 1. The number of hydrogen-bond acceptors (Lipinski definition) is 6. The van der Waals surface area contributed by atoms with Gasteiger partial charge in [-0.2, -0.15) is 0 Å². The third-order valence-electron chi connectivity index (χ3n) is 4.66. The first-order chi connectivity index (χ1) is 14.9. The van der Waals surface area contributed by atoms with E-state index >= 15 is 0 Å². The molecule has 156 valence electrons. The molecule has 0 bridgehead atoms. The number of nitrogens with zero attached hydrogens (tertiary/aromatic N) is 2. The summed E-state index contributed by atoms with van der Waals surface area (Å²) in [5.41, 5.74) is 2.90. The molecule has 2 heterocycles. The van der Waals surface area contributed by atoms with Gasteiger partial charge in [0.05, 0.1) is 23.3 Å². The van der Waals surface area contributed by atoms with E-state index in [2.05, 4.69) is 4.99 Å². The number of rotatable bonds is 5. The van der Waals surface area contributed by atoms with E-state index in [0.29, 0.717) is 10.1 Å². The quantitative estimate of drug-likeness (QED) is 0.530. The summed E-state index contributed by atoms with van der Waals surface area (Å²) in [6, 6.07) is 16.1. The van der Waals surface area contributed by atoms with Crippen molar-refractivity contribution in [3.05, 3.63) is 75.3 Å². The van der Waals surface area contributed by atoms with Crippen LogP contribution >= 0.6 is 23.1 Å². The van der Waals surface area contributed by atoms with E-state index in [9.17, 15) is 9.59 Å². The fourth-order valence-corrected chi connectivity index (χ4v) is 4.83. The van der Waals surface area contributed by atoms with Crippen molar-refractivity contribution < 1.29 is 19.4 Å². The van der Waals surface area contributed by atoms with Gasteiger partial charge in [-0.05, 0) is 76.8 Å². The number of aliphatic imine (C=N–C) groups is 1. The van der Waals surface area contributed by atoms with Crippen LogP contribution in [0.1, 0.15) is 15.2 Å². The highest BCUT2D eigenvalue weighted by Crippen LogP contribution is 2.35. The monoisotopic (exact) mass is 450 g/mol. The molecule has 0 radical (unpaired) electrons. The summed E-state index contributed by atoms with van der Waals surface area (Å²) in [6.07, 6.45) is 1.86. The summed E-state index contributed by atoms with van der Waals surface area (Å²) in [4.78, 5) is 31.3. The topological polar surface area (TPSA) is 79.2 Å². The van der Waals surface area contributed by atoms with Gasteiger partial charge in [-0.25, -0.2) is 9.79 Å². The van der Waals surface area contributed by atoms with Crippen molar-refractivity contribution in [3.63, 3.8) is 0 Å². The molecule has 0 unspecified atom stereocenters. The van der Waals surface area contributed by atoms with Gasteiger partial charge in [0, 0.05) is 11.9 Å². The number of hydrogen-bond donors (Lipinski definition) is 1. The van der Waals surface area contributed by atoms with Crippen molar-refractivity contribution in [3.8, 4) is 16.9 Å². The second kappa shape index (κ2) is 8.79. The number of carboxylic acids is 1. The van der Waals surface area contributed by atoms with Crippen LogP contribution in [-0.2, 0) is 4.79 Å². The van der Waals surface area contributed by atoms with E-state index in [-0.39, 0.29) is 11.5 Å². The molecule has 1 aliphatic heterocycles. The lowest BCUT2D eigenvalue weighted by Crippen LogP contribution is -2.23. The zero-order chi connectivity index (χ0) is 22.0. The van der Waals surface area contributed by atoms with E-state index in [1.54, 1.807) is 43.3 Å². The lowest BCUT2D eigenvalue weighted by Gasteiger charge is -2.07. The Labute approximate surface area is 187 Å². The van der Waals surface area contributed by atoms with Gasteiger partial charge in [0.1, 0.15) is 5.75 Å². The predicted molar refractivity (Wildman–Crippen MR) is 125 cm³/mol. The highest BCUT2D eigenvalue weighted by atomic mass is 32.2. The van der Waals surface area contributed by atoms with Crippen molar-refractivity contribution in [1.29, 1.82) is 0 Å². The smallest absolute Gasteiger partial charge is 0.335 e. The number of amides is 1. The number of ether oxygens (including phenoxy) is 1. The third-order valence-corrected chi connectivity index (χ3v) is 6.60. The summed E-state index contributed by atoms with van der Waals surface area (Å²) in [7, 11) is 3.32. The van der Waals surface area contributed by atoms with Crippen LogP contribution < -0.4 is 4.74 Å². The standard InChI is InChI=1S/C23H18N2O4S2/c1-25-21(26)20(31-23(25)24-17-7-9-18(29-2)10-8-17)12-19-11-16(13-30-19)14-3-5-15(6-4-14)22(27)28/h3-13H,1-2H3,(H,27,28). The second-order valence-corrected chi connectivity index (χ2v) is 8.64. The maximum absolute atomic E-state index is 12.7. The molecule has 0 saturated carbocycles. The molecule has 1 saturated heterocycles. The molecule has 1 amide bonds. The Bertz CT molecular complexity index is 1200. The molecule has 6 nitrogen and oxygen atoms in total. The molecule has 1 N–H and O–H groups in total. The van der Waals surface area contributed by atoms with Crippen LogP contribution in [-0.4, -0.2) is 41.2 Å². The third kappa shape index (κ3) is 4.55. The van der Waals surface area contributed by atoms with Crippen LogP contribution in [0.4, 0.5) is 5.69 Å². The average Bonchev–Trinajstić information content (AvgIpc) is 3.35. The fourth-order valence-electron chi connectivity index (χ4n) is 2.93. The zero-order valence-electron chi connectivity index (χ0n) is 16.7. The number of carboxylic acid groups (broad SMARTS) is 1. The molecule has 8 heteroatoms. The van der Waals surface area contributed by atoms with Crippen molar-refractivity contribution in [2.75, 3.05) is 14.2 Å². The molecule has 1 aromatic heterocycles. The number of carbonyl (C=O) groups excluding carboxylic acids is 1. The average molecular weight is 451 g/mol. The summed E-state index contributed by atoms with van der Waals surface area (Å²) in [6.45, 7) is 0. The van der Waals surface area contributed by atoms with Gasteiger partial charge >= 0.3 is 5.97 Å². The van der Waals surface area contributed by atoms with Gasteiger partial charge in [0.15, 0.2) is 5.17 Å². The lowest BCUT2D eigenvalue weighted by atomic mass is 10.1. The molecule has 4 rings (SSSR count). The highest BCUT2D eigenvalue weighted by Gasteiger charge is 2.30. The fraction of sp³-hybridized carbons (Fsp3) is 0.0870. The maximum Gasteiger partial charge on any atom is 0.335 e. The summed E-state index contributed by atoms with van der Waals surface area (Å²) in [5.74, 6) is -0.299. The van der Waals surface area contributed by atoms with Crippen molar-refractivity contribution in [2.45, 2.75) is 0 Å². The highest BCUT2D eigenvalue weighted by molar-refractivity contribution is 8.18. The van der Waals surface area contributed by atoms with E-state index < -0.39 is 5.97 Å². The molecular formula is C23H18N2O4S2. The Morgan fingerprint density at radius 3 is 2.45 bits per heavy atom. The minimum absolute atomic E-state index is 0.0991. The molecule has 0 aliphatic carbocycles. The molecule has 1 fully saturated rings. The zero-order valence-corrected chi connectivity index (χ0v) is 18.4. The lowest BCUT2D eigenvalue weighted by molar-refractivity contribution is -0.121. The molecule has 0 atom stereocenters. The SMILES string of the molecule is COc1ccc(N=C2SC(=Cc3cc(-c4ccc(C(=O)O)cc4)cs3)C(=O)N2C)cc1. The van der Waals surface area contributed by atoms with Gasteiger partial charge in [0.2, 0.25) is 0 Å². The molecule has 0 spiro atoms. The van der Waals surface area contributed by atoms with Crippen LogP contribution in [0.25, 0.3) is 17.2 Å². The minimum Gasteiger partial charge on any atom is -0.497 e. The number of aromatic carboxylic acids is 1. The Morgan fingerprint density at radius 1 is 1.10 bits per heavy atom. The van der Waals surface area contributed by atoms with E-state index in [1.165, 1.54) is 23.1 Å². The summed E-state index contributed by atoms with van der Waals surface area (Å²) in [5, 5.41) is 11.6. The molecule has 3 aromatic rings. The van der Waals surface area contributed by atoms with Crippen LogP contribution in [0.2, 0.25) is 0 Å². The summed E-state index contributed by atoms with van der Waals surface area (Å²) >= 11 is 2.86. The van der Waals surface area contributed by atoms with E-state index in [0.717, 1.165) is 27.4 Å². The molecule has 31 heavy (non-hydrogen) atoms. The number of benzene rings is 2. The number of amidine groups is 1. The van der Waals surface area contributed by atoms with Crippen molar-refractivity contribution in [2.24, 2.45) is 4.99 Å². The normalized spacial score (nSPS) is 16.3. The van der Waals surface area contributed by atoms with Crippen LogP contribution in [0.15, 0.2) is 69.9 Å². The molecule has 1 aliphatic rings. The van der Waals surface area contributed by atoms with E-state index in [1.807, 2.05) is 41.8 Å². The number of thiophene rings is 1. The van der Waals surface area contributed by atoms with Gasteiger partial charge in [-0.15, -0.1) is 11.3 Å². The van der Waals surface area contributed by atoms with Crippen LogP contribution in [0.5, 0.6) is 5.75 Å². The first-order valence-corrected chi connectivity index (χ1v) is 11.0. The Hall–Kier alpha value is -3.36. The largest absolute Gasteiger partial charge is 0.497 e. The number of thioether (sulfide) groups is 1. The van der Waals surface area contributed by atoms with Crippen LogP contribution in [0, 0.1) is 0 Å². The van der Waals surface area contributed by atoms with Gasteiger partial charge in [-0.1, -0.05) is 12.1 Å². The van der Waals surface area contributed by atoms with Crippen molar-refractivity contribution in [1.82, 2.24) is 4.90 Å². The van der Waals surface area contributed by atoms with Crippen molar-refractivity contribution >= 4 is 51.9 Å². The Balaban J connectivity index is 1.54. The predicted octanol–water partition coefficient (Wildman–Crippen LogP) is 5.36. The number of carbonyl (C=O) groups is 2. The number of methoxy groups -OCH3 is 1. The Kier molecular flexibility index (Phi) is 5.92. The first kappa shape index (κ1) is 20.9. The Morgan fingerprint density at radius 2 is 1.81 bits per heavy atom. The second-order valence-electron chi connectivity index (χ2n) is 6.69. The summed E-state index contributed by atoms with van der Waals surface area (Å²) < 4.78 is 5.16. The van der Waals surface area contributed by atoms with Gasteiger partial charge < -0.3 is 9.84 Å². The minimum atomic E-state index is -0.949. The maximum atomic E-state index is 12.7. The van der Waals surface area contributed by atoms with Gasteiger partial charge in [0.25, 0.3) is 5.91 Å². The van der Waals surface area contributed by atoms with E-state index in [4.69, 9.17) is 9.84 Å². The molecule has 2 aromatic carbocycles. The van der Waals surface area contributed by atoms with Gasteiger partial charge in [-0.3, -0.25) is 9.69 Å². The van der Waals surface area contributed by atoms with Crippen LogP contribution in [0.3, 0.4) is 0 Å². The first-order valence-electron chi connectivity index (χ1n) is 9.27. The molecular weight excluding hydrogens is 432 g/mol.